The highest BCUT2D eigenvalue weighted by Gasteiger charge is 2.32. The fraction of sp³-hybridized carbons (Fsp3) is 0.385. The van der Waals surface area contributed by atoms with Crippen molar-refractivity contribution in [3.05, 3.63) is 59.9 Å². The maximum atomic E-state index is 12.5. The highest BCUT2D eigenvalue weighted by molar-refractivity contribution is 5.78. The molecule has 6 heteroatoms. The maximum absolute atomic E-state index is 12.5. The lowest BCUT2D eigenvalue weighted by atomic mass is 10.2. The molecule has 0 spiro atoms. The van der Waals surface area contributed by atoms with Crippen molar-refractivity contribution in [2.75, 3.05) is 20.3 Å². The normalized spacial score (nSPS) is 16.2. The first-order chi connectivity index (χ1) is 15.7. The molecule has 0 saturated carbocycles. The van der Waals surface area contributed by atoms with E-state index in [0.717, 1.165) is 47.6 Å². The van der Waals surface area contributed by atoms with Gasteiger partial charge in [0.2, 0.25) is 5.91 Å². The quantitative estimate of drug-likeness (QED) is 0.488. The number of amides is 1. The Morgan fingerprint density at radius 2 is 2.06 bits per heavy atom. The molecule has 1 atom stereocenters. The number of methoxy groups -OCH3 is 1. The average molecular weight is 434 g/mol. The van der Waals surface area contributed by atoms with E-state index < -0.39 is 0 Å². The summed E-state index contributed by atoms with van der Waals surface area (Å²) in [5.74, 6) is 2.57. The SMILES string of the molecule is C/C=C/c1ccc(OCCn2c(C3CCCN3C(=O)CC)nc3ccccc32)c(OC)c1. The van der Waals surface area contributed by atoms with Gasteiger partial charge in [0.05, 0.1) is 30.7 Å². The number of carbonyl (C=O) groups is 1. The summed E-state index contributed by atoms with van der Waals surface area (Å²) >= 11 is 0. The second-order valence-electron chi connectivity index (χ2n) is 7.97. The minimum absolute atomic E-state index is 0.0181. The van der Waals surface area contributed by atoms with E-state index in [1.54, 1.807) is 7.11 Å². The highest BCUT2D eigenvalue weighted by Crippen LogP contribution is 2.34. The maximum Gasteiger partial charge on any atom is 0.222 e. The molecule has 168 valence electrons. The second-order valence-corrected chi connectivity index (χ2v) is 7.97. The van der Waals surface area contributed by atoms with Gasteiger partial charge in [-0.25, -0.2) is 4.98 Å². The van der Waals surface area contributed by atoms with Crippen LogP contribution in [0.5, 0.6) is 11.5 Å². The van der Waals surface area contributed by atoms with E-state index in [2.05, 4.69) is 10.6 Å². The predicted molar refractivity (Wildman–Crippen MR) is 127 cm³/mol. The number of rotatable bonds is 8. The van der Waals surface area contributed by atoms with Gasteiger partial charge in [0.1, 0.15) is 12.4 Å². The Morgan fingerprint density at radius 3 is 2.84 bits per heavy atom. The molecule has 1 fully saturated rings. The number of aromatic nitrogens is 2. The summed E-state index contributed by atoms with van der Waals surface area (Å²) in [5, 5.41) is 0. The Kier molecular flexibility index (Phi) is 6.78. The Labute approximate surface area is 189 Å². The topological polar surface area (TPSA) is 56.6 Å². The zero-order valence-corrected chi connectivity index (χ0v) is 19.1. The summed E-state index contributed by atoms with van der Waals surface area (Å²) in [6.07, 6.45) is 6.49. The Morgan fingerprint density at radius 1 is 1.22 bits per heavy atom. The number of allylic oxidation sites excluding steroid dienone is 1. The average Bonchev–Trinajstić information content (AvgIpc) is 3.44. The number of hydrogen-bond acceptors (Lipinski definition) is 4. The number of likely N-dealkylation sites (tertiary alicyclic amines) is 1. The Balaban J connectivity index is 1.58. The number of ether oxygens (including phenoxy) is 2. The van der Waals surface area contributed by atoms with E-state index in [9.17, 15) is 4.79 Å². The predicted octanol–water partition coefficient (Wildman–Crippen LogP) is 5.23. The lowest BCUT2D eigenvalue weighted by Gasteiger charge is -2.25. The lowest BCUT2D eigenvalue weighted by Crippen LogP contribution is -2.31. The summed E-state index contributed by atoms with van der Waals surface area (Å²) in [6, 6.07) is 14.1. The first-order valence-corrected chi connectivity index (χ1v) is 11.3. The zero-order chi connectivity index (χ0) is 22.5. The molecule has 1 aromatic heterocycles. The van der Waals surface area contributed by atoms with Crippen LogP contribution in [0.3, 0.4) is 0 Å². The Hall–Kier alpha value is -3.28. The van der Waals surface area contributed by atoms with Gasteiger partial charge in [-0.3, -0.25) is 4.79 Å². The van der Waals surface area contributed by atoms with Crippen LogP contribution in [0.1, 0.15) is 50.5 Å². The summed E-state index contributed by atoms with van der Waals surface area (Å²) < 4.78 is 13.9. The number of carbonyl (C=O) groups excluding carboxylic acids is 1. The number of imidazole rings is 1. The molecule has 6 nitrogen and oxygen atoms in total. The molecule has 32 heavy (non-hydrogen) atoms. The third kappa shape index (κ3) is 4.35. The zero-order valence-electron chi connectivity index (χ0n) is 19.1. The monoisotopic (exact) mass is 433 g/mol. The van der Waals surface area contributed by atoms with Gasteiger partial charge in [-0.1, -0.05) is 37.3 Å². The van der Waals surface area contributed by atoms with Crippen LogP contribution < -0.4 is 9.47 Å². The van der Waals surface area contributed by atoms with Crippen LogP contribution >= 0.6 is 0 Å². The molecule has 1 unspecified atom stereocenters. The van der Waals surface area contributed by atoms with Crippen molar-refractivity contribution in [1.29, 1.82) is 0 Å². The van der Waals surface area contributed by atoms with E-state index in [-0.39, 0.29) is 11.9 Å². The molecule has 1 aliphatic rings. The van der Waals surface area contributed by atoms with Gasteiger partial charge in [-0.05, 0) is 49.6 Å². The number of fused-ring (bicyclic) bond motifs is 1. The summed E-state index contributed by atoms with van der Waals surface area (Å²) in [7, 11) is 1.66. The first kappa shape index (κ1) is 21.9. The second kappa shape index (κ2) is 9.90. The number of para-hydroxylation sites is 2. The molecule has 1 aliphatic heterocycles. The smallest absolute Gasteiger partial charge is 0.222 e. The van der Waals surface area contributed by atoms with Gasteiger partial charge >= 0.3 is 0 Å². The Bertz CT molecular complexity index is 1120. The minimum atomic E-state index is 0.0181. The van der Waals surface area contributed by atoms with E-state index in [0.29, 0.717) is 25.3 Å². The molecule has 1 saturated heterocycles. The van der Waals surface area contributed by atoms with Crippen molar-refractivity contribution in [3.8, 4) is 11.5 Å². The van der Waals surface area contributed by atoms with Crippen molar-refractivity contribution in [3.63, 3.8) is 0 Å². The van der Waals surface area contributed by atoms with Crippen molar-refractivity contribution < 1.29 is 14.3 Å². The van der Waals surface area contributed by atoms with Crippen LogP contribution in [-0.2, 0) is 11.3 Å². The van der Waals surface area contributed by atoms with Crippen molar-refractivity contribution in [2.45, 2.75) is 45.7 Å². The third-order valence-electron chi connectivity index (χ3n) is 5.98. The molecule has 0 aliphatic carbocycles. The fourth-order valence-electron chi connectivity index (χ4n) is 4.47. The van der Waals surface area contributed by atoms with E-state index in [1.807, 2.05) is 67.3 Å². The van der Waals surface area contributed by atoms with Crippen LogP contribution in [0, 0.1) is 0 Å². The van der Waals surface area contributed by atoms with E-state index >= 15 is 0 Å². The number of hydrogen-bond donors (Lipinski definition) is 0. The van der Waals surface area contributed by atoms with Gasteiger partial charge in [0, 0.05) is 13.0 Å². The van der Waals surface area contributed by atoms with Crippen molar-refractivity contribution >= 4 is 23.0 Å². The van der Waals surface area contributed by atoms with Crippen molar-refractivity contribution in [2.24, 2.45) is 0 Å². The molecule has 1 amide bonds. The standard InChI is InChI=1S/C26H31N3O3/c1-4-9-19-13-14-23(24(18-19)31-3)32-17-16-29-21-11-7-6-10-20(21)27-26(29)22-12-8-15-28(22)25(30)5-2/h4,6-7,9-11,13-14,18,22H,5,8,12,15-17H2,1-3H3/b9-4+. The van der Waals surface area contributed by atoms with Gasteiger partial charge in [0.15, 0.2) is 11.5 Å². The fourth-order valence-corrected chi connectivity index (χ4v) is 4.47. The summed E-state index contributed by atoms with van der Waals surface area (Å²) in [5.41, 5.74) is 3.09. The molecule has 0 N–H and O–H groups in total. The van der Waals surface area contributed by atoms with E-state index in [1.165, 1.54) is 0 Å². The summed E-state index contributed by atoms with van der Waals surface area (Å²) in [6.45, 7) is 5.82. The molecule has 3 aromatic rings. The van der Waals surface area contributed by atoms with Gasteiger partial charge < -0.3 is 18.9 Å². The molecular weight excluding hydrogens is 402 g/mol. The van der Waals surface area contributed by atoms with Crippen molar-refractivity contribution in [1.82, 2.24) is 14.5 Å². The summed E-state index contributed by atoms with van der Waals surface area (Å²) in [4.78, 5) is 19.4. The highest BCUT2D eigenvalue weighted by atomic mass is 16.5. The molecule has 0 bridgehead atoms. The lowest BCUT2D eigenvalue weighted by molar-refractivity contribution is -0.131. The molecule has 2 aromatic carbocycles. The van der Waals surface area contributed by atoms with Crippen LogP contribution in [0.25, 0.3) is 17.1 Å². The third-order valence-corrected chi connectivity index (χ3v) is 5.98. The van der Waals surface area contributed by atoms with Crippen LogP contribution in [0.2, 0.25) is 0 Å². The largest absolute Gasteiger partial charge is 0.493 e. The van der Waals surface area contributed by atoms with Crippen LogP contribution in [0.4, 0.5) is 0 Å². The van der Waals surface area contributed by atoms with Crippen LogP contribution in [0.15, 0.2) is 48.5 Å². The van der Waals surface area contributed by atoms with E-state index in [4.69, 9.17) is 14.5 Å². The first-order valence-electron chi connectivity index (χ1n) is 11.3. The molecular formula is C26H31N3O3. The minimum Gasteiger partial charge on any atom is -0.493 e. The number of benzene rings is 2. The molecule has 4 rings (SSSR count). The van der Waals surface area contributed by atoms with Gasteiger partial charge in [-0.15, -0.1) is 0 Å². The van der Waals surface area contributed by atoms with Crippen LogP contribution in [-0.4, -0.2) is 40.6 Å². The van der Waals surface area contributed by atoms with Gasteiger partial charge in [-0.2, -0.15) is 0 Å². The molecule has 2 heterocycles. The van der Waals surface area contributed by atoms with Gasteiger partial charge in [0.25, 0.3) is 0 Å². The molecule has 0 radical (unpaired) electrons. The number of nitrogens with zero attached hydrogens (tertiary/aromatic N) is 3.